The van der Waals surface area contributed by atoms with Crippen molar-refractivity contribution in [2.75, 3.05) is 5.32 Å². The van der Waals surface area contributed by atoms with Gasteiger partial charge in [-0.15, -0.1) is 0 Å². The molecule has 0 spiro atoms. The number of carbonyl (C=O) groups is 2. The minimum atomic E-state index is -1.09. The predicted molar refractivity (Wildman–Crippen MR) is 75.0 cm³/mol. The Kier molecular flexibility index (Phi) is 3.99. The summed E-state index contributed by atoms with van der Waals surface area (Å²) in [6.07, 6.45) is 1.15. The summed E-state index contributed by atoms with van der Waals surface area (Å²) in [6.45, 7) is 0. The maximum atomic E-state index is 11.9. The molecular weight excluding hydrogens is 328 g/mol. The molecule has 6 nitrogen and oxygen atoms in total. The van der Waals surface area contributed by atoms with Crippen molar-refractivity contribution < 1.29 is 19.8 Å². The molecule has 2 aromatic rings. The largest absolute Gasteiger partial charge is 0.507 e. The van der Waals surface area contributed by atoms with Gasteiger partial charge in [0.15, 0.2) is 0 Å². The van der Waals surface area contributed by atoms with Gasteiger partial charge in [0.2, 0.25) is 0 Å². The molecule has 0 unspecified atom stereocenters. The van der Waals surface area contributed by atoms with Gasteiger partial charge >= 0.3 is 5.97 Å². The SMILES string of the molecule is O=C(O)c1ccc(NC(=O)c2ccc(Br)c(O)c2)nc1. The third-order valence-corrected chi connectivity index (χ3v) is 3.13. The van der Waals surface area contributed by atoms with Gasteiger partial charge in [-0.05, 0) is 46.3 Å². The van der Waals surface area contributed by atoms with Gasteiger partial charge in [0, 0.05) is 11.8 Å². The maximum Gasteiger partial charge on any atom is 0.337 e. The number of hydrogen-bond donors (Lipinski definition) is 3. The number of nitrogens with one attached hydrogen (secondary N) is 1. The number of pyridine rings is 1. The molecule has 1 aromatic heterocycles. The van der Waals surface area contributed by atoms with Crippen LogP contribution in [0.1, 0.15) is 20.7 Å². The number of anilines is 1. The predicted octanol–water partition coefficient (Wildman–Crippen LogP) is 2.50. The normalized spacial score (nSPS) is 10.1. The lowest BCUT2D eigenvalue weighted by atomic mass is 10.2. The number of carboxylic acid groups (broad SMARTS) is 1. The van der Waals surface area contributed by atoms with Crippen molar-refractivity contribution in [3.8, 4) is 5.75 Å². The third-order valence-electron chi connectivity index (χ3n) is 2.46. The molecule has 0 saturated heterocycles. The van der Waals surface area contributed by atoms with Gasteiger partial charge < -0.3 is 15.5 Å². The van der Waals surface area contributed by atoms with E-state index in [1.807, 2.05) is 0 Å². The number of nitrogens with zero attached hydrogens (tertiary/aromatic N) is 1. The van der Waals surface area contributed by atoms with E-state index in [-0.39, 0.29) is 22.7 Å². The Morgan fingerprint density at radius 1 is 1.15 bits per heavy atom. The van der Waals surface area contributed by atoms with Crippen LogP contribution in [0, 0.1) is 0 Å². The van der Waals surface area contributed by atoms with Crippen LogP contribution in [0.25, 0.3) is 0 Å². The van der Waals surface area contributed by atoms with Crippen LogP contribution in [-0.4, -0.2) is 27.1 Å². The highest BCUT2D eigenvalue weighted by Crippen LogP contribution is 2.24. The summed E-state index contributed by atoms with van der Waals surface area (Å²) in [5, 5.41) is 20.7. The summed E-state index contributed by atoms with van der Waals surface area (Å²) in [7, 11) is 0. The van der Waals surface area contributed by atoms with Crippen molar-refractivity contribution in [3.63, 3.8) is 0 Å². The molecule has 1 aromatic carbocycles. The van der Waals surface area contributed by atoms with E-state index >= 15 is 0 Å². The topological polar surface area (TPSA) is 99.5 Å². The zero-order valence-corrected chi connectivity index (χ0v) is 11.6. The van der Waals surface area contributed by atoms with Gasteiger partial charge in [0.1, 0.15) is 11.6 Å². The molecule has 0 atom stereocenters. The van der Waals surface area contributed by atoms with E-state index in [1.165, 1.54) is 24.3 Å². The van der Waals surface area contributed by atoms with Gasteiger partial charge in [-0.3, -0.25) is 4.79 Å². The molecule has 2 rings (SSSR count). The Balaban J connectivity index is 2.14. The molecule has 0 aliphatic carbocycles. The van der Waals surface area contributed by atoms with Crippen molar-refractivity contribution in [2.24, 2.45) is 0 Å². The second-order valence-corrected chi connectivity index (χ2v) is 4.71. The van der Waals surface area contributed by atoms with E-state index in [9.17, 15) is 14.7 Å². The standard InChI is InChI=1S/C13H9BrN2O4/c14-9-3-1-7(5-10(9)17)12(18)16-11-4-2-8(6-15-11)13(19)20/h1-6,17H,(H,19,20)(H,15,16,18). The van der Waals surface area contributed by atoms with Gasteiger partial charge in [0.25, 0.3) is 5.91 Å². The van der Waals surface area contributed by atoms with E-state index in [1.54, 1.807) is 6.07 Å². The minimum Gasteiger partial charge on any atom is -0.507 e. The molecule has 0 aliphatic heterocycles. The number of aromatic carboxylic acids is 1. The molecular formula is C13H9BrN2O4. The van der Waals surface area contributed by atoms with Crippen LogP contribution in [-0.2, 0) is 0 Å². The van der Waals surface area contributed by atoms with E-state index < -0.39 is 11.9 Å². The highest BCUT2D eigenvalue weighted by atomic mass is 79.9. The van der Waals surface area contributed by atoms with Crippen molar-refractivity contribution in [1.82, 2.24) is 4.98 Å². The number of aromatic hydroxyl groups is 1. The lowest BCUT2D eigenvalue weighted by molar-refractivity contribution is 0.0696. The molecule has 0 bridgehead atoms. The van der Waals surface area contributed by atoms with Crippen LogP contribution in [0.5, 0.6) is 5.75 Å². The molecule has 1 amide bonds. The Labute approximate surface area is 122 Å². The molecule has 0 fully saturated rings. The molecule has 7 heteroatoms. The number of halogens is 1. The van der Waals surface area contributed by atoms with Gasteiger partial charge in [-0.1, -0.05) is 0 Å². The first-order valence-electron chi connectivity index (χ1n) is 5.46. The third kappa shape index (κ3) is 3.12. The Morgan fingerprint density at radius 3 is 2.40 bits per heavy atom. The fraction of sp³-hybridized carbons (Fsp3) is 0. The van der Waals surface area contributed by atoms with E-state index in [4.69, 9.17) is 5.11 Å². The number of benzene rings is 1. The molecule has 102 valence electrons. The number of aromatic nitrogens is 1. The zero-order chi connectivity index (χ0) is 14.7. The van der Waals surface area contributed by atoms with Crippen molar-refractivity contribution in [2.45, 2.75) is 0 Å². The summed E-state index contributed by atoms with van der Waals surface area (Å²) in [5.41, 5.74) is 0.291. The Bertz CT molecular complexity index is 671. The van der Waals surface area contributed by atoms with E-state index in [2.05, 4.69) is 26.2 Å². The average Bonchev–Trinajstić information content (AvgIpc) is 2.42. The molecule has 1 heterocycles. The molecule has 0 radical (unpaired) electrons. The first-order valence-corrected chi connectivity index (χ1v) is 6.26. The van der Waals surface area contributed by atoms with Crippen LogP contribution >= 0.6 is 15.9 Å². The van der Waals surface area contributed by atoms with E-state index in [0.717, 1.165) is 6.20 Å². The number of phenols is 1. The Morgan fingerprint density at radius 2 is 1.85 bits per heavy atom. The number of rotatable bonds is 3. The van der Waals surface area contributed by atoms with Crippen molar-refractivity contribution in [3.05, 3.63) is 52.1 Å². The summed E-state index contributed by atoms with van der Waals surface area (Å²) in [4.78, 5) is 26.4. The average molecular weight is 337 g/mol. The first kappa shape index (κ1) is 14.0. The van der Waals surface area contributed by atoms with Gasteiger partial charge in [0.05, 0.1) is 10.0 Å². The van der Waals surface area contributed by atoms with E-state index in [0.29, 0.717) is 4.47 Å². The number of hydrogen-bond acceptors (Lipinski definition) is 4. The summed E-state index contributed by atoms with van der Waals surface area (Å²) >= 11 is 3.12. The quantitative estimate of drug-likeness (QED) is 0.799. The smallest absolute Gasteiger partial charge is 0.337 e. The summed E-state index contributed by atoms with van der Waals surface area (Å²) in [6, 6.07) is 7.12. The summed E-state index contributed by atoms with van der Waals surface area (Å²) in [5.74, 6) is -1.37. The lowest BCUT2D eigenvalue weighted by Gasteiger charge is -2.05. The van der Waals surface area contributed by atoms with Gasteiger partial charge in [-0.2, -0.15) is 0 Å². The van der Waals surface area contributed by atoms with Crippen LogP contribution in [0.3, 0.4) is 0 Å². The maximum absolute atomic E-state index is 11.9. The van der Waals surface area contributed by atoms with Crippen molar-refractivity contribution >= 4 is 33.6 Å². The highest BCUT2D eigenvalue weighted by molar-refractivity contribution is 9.10. The molecule has 3 N–H and O–H groups in total. The van der Waals surface area contributed by atoms with Crippen LogP contribution in [0.15, 0.2) is 41.0 Å². The zero-order valence-electron chi connectivity index (χ0n) is 10.0. The monoisotopic (exact) mass is 336 g/mol. The lowest BCUT2D eigenvalue weighted by Crippen LogP contribution is -2.13. The first-order chi connectivity index (χ1) is 9.47. The molecule has 0 aliphatic rings. The van der Waals surface area contributed by atoms with Crippen LogP contribution in [0.4, 0.5) is 5.82 Å². The minimum absolute atomic E-state index is 0.0317. The van der Waals surface area contributed by atoms with Crippen LogP contribution in [0.2, 0.25) is 0 Å². The summed E-state index contributed by atoms with van der Waals surface area (Å²) < 4.78 is 0.484. The number of carbonyl (C=O) groups excluding carboxylic acids is 1. The number of phenolic OH excluding ortho intramolecular Hbond substituents is 1. The second kappa shape index (κ2) is 5.70. The number of amides is 1. The Hall–Kier alpha value is -2.41. The van der Waals surface area contributed by atoms with Crippen molar-refractivity contribution in [1.29, 1.82) is 0 Å². The number of carboxylic acids is 1. The second-order valence-electron chi connectivity index (χ2n) is 3.86. The fourth-order valence-corrected chi connectivity index (χ4v) is 1.68. The highest BCUT2D eigenvalue weighted by Gasteiger charge is 2.10. The van der Waals surface area contributed by atoms with Crippen LogP contribution < -0.4 is 5.32 Å². The molecule has 0 saturated carbocycles. The fourth-order valence-electron chi connectivity index (χ4n) is 1.44. The molecule has 20 heavy (non-hydrogen) atoms. The van der Waals surface area contributed by atoms with Gasteiger partial charge in [-0.25, -0.2) is 9.78 Å².